The maximum atomic E-state index is 9.83. The van der Waals surface area contributed by atoms with E-state index in [4.69, 9.17) is 4.74 Å². The Kier molecular flexibility index (Phi) is 5.58. The third-order valence-corrected chi connectivity index (χ3v) is 3.73. The highest BCUT2D eigenvalue weighted by Gasteiger charge is 2.24. The molecule has 112 valence electrons. The van der Waals surface area contributed by atoms with Crippen LogP contribution in [-0.4, -0.2) is 48.0 Å². The summed E-state index contributed by atoms with van der Waals surface area (Å²) in [5.41, 5.74) is 0.744. The van der Waals surface area contributed by atoms with Crippen molar-refractivity contribution in [3.05, 3.63) is 35.9 Å². The summed E-state index contributed by atoms with van der Waals surface area (Å²) in [7, 11) is 0. The molecule has 20 heavy (non-hydrogen) atoms. The average molecular weight is 277 g/mol. The summed E-state index contributed by atoms with van der Waals surface area (Å²) in [5.74, 6) is 0. The van der Waals surface area contributed by atoms with Gasteiger partial charge in [-0.05, 0) is 38.7 Å². The number of β-amino-alcohol motifs (C(OH)–C–C–N with tert-alkyl or cyclic N) is 1. The smallest absolute Gasteiger partial charge is 0.0718 e. The maximum Gasteiger partial charge on any atom is 0.0718 e. The minimum Gasteiger partial charge on any atom is -0.389 e. The number of hydrogen-bond donors (Lipinski definition) is 1. The van der Waals surface area contributed by atoms with Gasteiger partial charge in [0.15, 0.2) is 0 Å². The molecule has 0 spiro atoms. The minimum absolute atomic E-state index is 0.386. The van der Waals surface area contributed by atoms with Crippen LogP contribution in [0.4, 0.5) is 0 Å². The van der Waals surface area contributed by atoms with Gasteiger partial charge in [0.25, 0.3) is 0 Å². The van der Waals surface area contributed by atoms with Crippen LogP contribution >= 0.6 is 0 Å². The second kappa shape index (κ2) is 7.21. The van der Waals surface area contributed by atoms with Crippen LogP contribution in [0.3, 0.4) is 0 Å². The maximum absolute atomic E-state index is 9.83. The Morgan fingerprint density at radius 2 is 1.85 bits per heavy atom. The van der Waals surface area contributed by atoms with Gasteiger partial charge in [-0.15, -0.1) is 0 Å². The lowest BCUT2D eigenvalue weighted by Crippen LogP contribution is -2.44. The van der Waals surface area contributed by atoms with Gasteiger partial charge in [-0.2, -0.15) is 0 Å². The van der Waals surface area contributed by atoms with Crippen molar-refractivity contribution in [3.63, 3.8) is 0 Å². The molecule has 2 rings (SSSR count). The summed E-state index contributed by atoms with van der Waals surface area (Å²) < 4.78 is 5.98. The number of benzene rings is 1. The second-order valence-electron chi connectivity index (χ2n) is 6.39. The number of likely N-dealkylation sites (tertiary alicyclic amines) is 1. The van der Waals surface area contributed by atoms with Crippen molar-refractivity contribution in [3.8, 4) is 0 Å². The van der Waals surface area contributed by atoms with Crippen molar-refractivity contribution in [1.82, 2.24) is 4.90 Å². The fourth-order valence-corrected chi connectivity index (χ4v) is 2.77. The monoisotopic (exact) mass is 277 g/mol. The lowest BCUT2D eigenvalue weighted by molar-refractivity contribution is -0.0173. The van der Waals surface area contributed by atoms with Gasteiger partial charge in [-0.1, -0.05) is 30.3 Å². The Hall–Kier alpha value is -0.900. The van der Waals surface area contributed by atoms with Crippen LogP contribution in [-0.2, 0) is 11.2 Å². The first-order valence-corrected chi connectivity index (χ1v) is 7.63. The molecule has 1 saturated heterocycles. The predicted octanol–water partition coefficient (Wildman–Crippen LogP) is 2.48. The molecule has 0 amide bonds. The number of nitrogens with zero attached hydrogens (tertiary/aromatic N) is 1. The van der Waals surface area contributed by atoms with E-state index in [1.807, 2.05) is 19.9 Å². The zero-order chi connectivity index (χ0) is 14.4. The summed E-state index contributed by atoms with van der Waals surface area (Å²) in [5, 5.41) is 9.83. The van der Waals surface area contributed by atoms with Crippen LogP contribution in [0.15, 0.2) is 30.3 Å². The number of hydrogen-bond acceptors (Lipinski definition) is 3. The van der Waals surface area contributed by atoms with E-state index in [2.05, 4.69) is 29.2 Å². The zero-order valence-electron chi connectivity index (χ0n) is 12.7. The number of piperidine rings is 1. The van der Waals surface area contributed by atoms with E-state index < -0.39 is 5.60 Å². The molecule has 1 N–H and O–H groups in total. The Morgan fingerprint density at radius 3 is 2.45 bits per heavy atom. The molecule has 0 aliphatic carbocycles. The topological polar surface area (TPSA) is 32.7 Å². The molecule has 1 fully saturated rings. The van der Waals surface area contributed by atoms with Crippen molar-refractivity contribution in [1.29, 1.82) is 0 Å². The molecule has 0 saturated carbocycles. The molecular formula is C17H27NO2. The van der Waals surface area contributed by atoms with Crippen LogP contribution in [0.2, 0.25) is 0 Å². The van der Waals surface area contributed by atoms with Crippen LogP contribution in [0.5, 0.6) is 0 Å². The summed E-state index contributed by atoms with van der Waals surface area (Å²) in [6.45, 7) is 7.36. The van der Waals surface area contributed by atoms with Crippen molar-refractivity contribution in [2.24, 2.45) is 0 Å². The van der Waals surface area contributed by atoms with Crippen LogP contribution in [0.25, 0.3) is 0 Å². The normalized spacial score (nSPS) is 18.4. The number of rotatable bonds is 6. The van der Waals surface area contributed by atoms with E-state index in [9.17, 15) is 5.11 Å². The van der Waals surface area contributed by atoms with E-state index >= 15 is 0 Å². The highest BCUT2D eigenvalue weighted by Crippen LogP contribution is 2.16. The van der Waals surface area contributed by atoms with Gasteiger partial charge in [0.05, 0.1) is 18.3 Å². The lowest BCUT2D eigenvalue weighted by atomic mass is 10.0. The average Bonchev–Trinajstić information content (AvgIpc) is 2.40. The van der Waals surface area contributed by atoms with Crippen molar-refractivity contribution in [2.45, 2.75) is 44.8 Å². The predicted molar refractivity (Wildman–Crippen MR) is 81.9 cm³/mol. The summed E-state index contributed by atoms with van der Waals surface area (Å²) in [6, 6.07) is 10.5. The van der Waals surface area contributed by atoms with E-state index in [1.54, 1.807) is 0 Å². The van der Waals surface area contributed by atoms with Gasteiger partial charge in [-0.3, -0.25) is 0 Å². The molecule has 0 radical (unpaired) electrons. The summed E-state index contributed by atoms with van der Waals surface area (Å²) in [4.78, 5) is 2.33. The fraction of sp³-hybridized carbons (Fsp3) is 0.647. The minimum atomic E-state index is -0.596. The van der Waals surface area contributed by atoms with Gasteiger partial charge in [0, 0.05) is 19.6 Å². The van der Waals surface area contributed by atoms with Crippen molar-refractivity contribution in [2.75, 3.05) is 26.2 Å². The highest BCUT2D eigenvalue weighted by atomic mass is 16.5. The van der Waals surface area contributed by atoms with Crippen molar-refractivity contribution >= 4 is 0 Å². The molecule has 0 atom stereocenters. The van der Waals surface area contributed by atoms with Crippen LogP contribution < -0.4 is 0 Å². The molecule has 1 aliphatic rings. The van der Waals surface area contributed by atoms with Gasteiger partial charge >= 0.3 is 0 Å². The molecule has 3 nitrogen and oxygen atoms in total. The first-order chi connectivity index (χ1) is 9.53. The quantitative estimate of drug-likeness (QED) is 0.867. The third-order valence-electron chi connectivity index (χ3n) is 3.73. The largest absolute Gasteiger partial charge is 0.389 e. The lowest BCUT2D eigenvalue weighted by Gasteiger charge is -2.35. The summed E-state index contributed by atoms with van der Waals surface area (Å²) in [6.07, 6.45) is 3.53. The number of aliphatic hydroxyl groups is 1. The molecule has 1 aromatic carbocycles. The molecular weight excluding hydrogens is 250 g/mol. The second-order valence-corrected chi connectivity index (χ2v) is 6.39. The molecule has 1 aliphatic heterocycles. The van der Waals surface area contributed by atoms with Crippen LogP contribution in [0, 0.1) is 0 Å². The number of ether oxygens (including phenoxy) is 1. The molecule has 1 heterocycles. The molecule has 0 aromatic heterocycles. The molecule has 1 aromatic rings. The van der Waals surface area contributed by atoms with Gasteiger partial charge in [0.1, 0.15) is 0 Å². The van der Waals surface area contributed by atoms with Crippen molar-refractivity contribution < 1.29 is 9.84 Å². The third kappa shape index (κ3) is 5.61. The SMILES string of the molecule is CC(C)(O)CN1CCC(OCCc2ccccc2)CC1. The Labute approximate surface area is 122 Å². The first-order valence-electron chi connectivity index (χ1n) is 7.63. The molecule has 0 bridgehead atoms. The van der Waals surface area contributed by atoms with E-state index in [0.29, 0.717) is 6.10 Å². The summed E-state index contributed by atoms with van der Waals surface area (Å²) >= 11 is 0. The zero-order valence-corrected chi connectivity index (χ0v) is 12.7. The molecule has 0 unspecified atom stereocenters. The van der Waals surface area contributed by atoms with Gasteiger partial charge in [-0.25, -0.2) is 0 Å². The Morgan fingerprint density at radius 1 is 1.20 bits per heavy atom. The van der Waals surface area contributed by atoms with E-state index in [-0.39, 0.29) is 0 Å². The van der Waals surface area contributed by atoms with E-state index in [1.165, 1.54) is 5.56 Å². The highest BCUT2D eigenvalue weighted by molar-refractivity contribution is 5.14. The van der Waals surface area contributed by atoms with Crippen LogP contribution in [0.1, 0.15) is 32.3 Å². The Bertz CT molecular complexity index is 378. The van der Waals surface area contributed by atoms with E-state index in [0.717, 1.165) is 45.5 Å². The standard InChI is InChI=1S/C17H27NO2/c1-17(2,19)14-18-11-8-16(9-12-18)20-13-10-15-6-4-3-5-7-15/h3-7,16,19H,8-14H2,1-2H3. The first kappa shape index (κ1) is 15.5. The van der Waals surface area contributed by atoms with Gasteiger partial charge in [0.2, 0.25) is 0 Å². The fourth-order valence-electron chi connectivity index (χ4n) is 2.77. The molecule has 3 heteroatoms. The van der Waals surface area contributed by atoms with Gasteiger partial charge < -0.3 is 14.7 Å². The Balaban J connectivity index is 1.62.